The molecule has 2 aromatic heterocycles. The Hall–Kier alpha value is -1.70. The molecule has 2 nitrogen and oxygen atoms in total. The van der Waals surface area contributed by atoms with Crippen LogP contribution in [-0.4, -0.2) is 0 Å². The van der Waals surface area contributed by atoms with E-state index in [1.807, 2.05) is 52.0 Å². The predicted octanol–water partition coefficient (Wildman–Crippen LogP) is 4.82. The second-order valence-electron chi connectivity index (χ2n) is 3.64. The second-order valence-corrected chi connectivity index (χ2v) is 3.64. The molecule has 0 fully saturated rings. The molecular formula is C14H16O2. The fourth-order valence-corrected chi connectivity index (χ4v) is 1.84. The molecule has 3 rings (SSSR count). The molecule has 0 saturated heterocycles. The van der Waals surface area contributed by atoms with Crippen LogP contribution in [0.3, 0.4) is 0 Å². The molecule has 2 heteroatoms. The summed E-state index contributed by atoms with van der Waals surface area (Å²) in [7, 11) is 0. The normalized spacial score (nSPS) is 10.5. The van der Waals surface area contributed by atoms with Crippen molar-refractivity contribution in [3.8, 4) is 0 Å². The molecule has 0 atom stereocenters. The maximum atomic E-state index is 5.54. The zero-order valence-electron chi connectivity index (χ0n) is 10.1. The highest BCUT2D eigenvalue weighted by molar-refractivity contribution is 5.93. The Kier molecular flexibility index (Phi) is 2.73. The Labute approximate surface area is 94.8 Å². The van der Waals surface area contributed by atoms with Gasteiger partial charge in [0.1, 0.15) is 22.7 Å². The minimum absolute atomic E-state index is 0.927. The number of aryl methyl sites for hydroxylation is 2. The SMILES string of the molecule is CC.Cc1cc2cc3oc(C)cc3cc2o1. The fourth-order valence-electron chi connectivity index (χ4n) is 1.84. The van der Waals surface area contributed by atoms with Crippen LogP contribution in [0.5, 0.6) is 0 Å². The highest BCUT2D eigenvalue weighted by Crippen LogP contribution is 2.27. The van der Waals surface area contributed by atoms with Gasteiger partial charge >= 0.3 is 0 Å². The van der Waals surface area contributed by atoms with Crippen LogP contribution in [0.2, 0.25) is 0 Å². The summed E-state index contributed by atoms with van der Waals surface area (Å²) >= 11 is 0. The van der Waals surface area contributed by atoms with Crippen LogP contribution in [-0.2, 0) is 0 Å². The lowest BCUT2D eigenvalue weighted by Crippen LogP contribution is -1.63. The van der Waals surface area contributed by atoms with Gasteiger partial charge in [-0.05, 0) is 38.1 Å². The van der Waals surface area contributed by atoms with Gasteiger partial charge < -0.3 is 8.83 Å². The first-order valence-electron chi connectivity index (χ1n) is 5.63. The minimum Gasteiger partial charge on any atom is -0.461 e. The van der Waals surface area contributed by atoms with Gasteiger partial charge in [-0.15, -0.1) is 0 Å². The van der Waals surface area contributed by atoms with Gasteiger partial charge in [-0.1, -0.05) is 13.8 Å². The van der Waals surface area contributed by atoms with E-state index in [4.69, 9.17) is 8.83 Å². The number of hydrogen-bond donors (Lipinski definition) is 0. The maximum Gasteiger partial charge on any atom is 0.135 e. The van der Waals surface area contributed by atoms with Gasteiger partial charge in [0.25, 0.3) is 0 Å². The van der Waals surface area contributed by atoms with Crippen molar-refractivity contribution < 1.29 is 8.83 Å². The zero-order valence-corrected chi connectivity index (χ0v) is 10.1. The molecule has 0 saturated carbocycles. The van der Waals surface area contributed by atoms with Crippen molar-refractivity contribution in [1.82, 2.24) is 0 Å². The number of rotatable bonds is 0. The third-order valence-corrected chi connectivity index (χ3v) is 2.40. The Morgan fingerprint density at radius 3 is 1.44 bits per heavy atom. The minimum atomic E-state index is 0.927. The molecule has 0 aliphatic rings. The summed E-state index contributed by atoms with van der Waals surface area (Å²) in [4.78, 5) is 0. The van der Waals surface area contributed by atoms with E-state index in [9.17, 15) is 0 Å². The van der Waals surface area contributed by atoms with E-state index in [0.717, 1.165) is 33.5 Å². The van der Waals surface area contributed by atoms with Gasteiger partial charge in [0.05, 0.1) is 0 Å². The molecule has 1 aromatic carbocycles. The Morgan fingerprint density at radius 2 is 1.06 bits per heavy atom. The quantitative estimate of drug-likeness (QED) is 0.538. The van der Waals surface area contributed by atoms with Crippen molar-refractivity contribution in [2.75, 3.05) is 0 Å². The van der Waals surface area contributed by atoms with E-state index in [-0.39, 0.29) is 0 Å². The van der Waals surface area contributed by atoms with E-state index < -0.39 is 0 Å². The zero-order chi connectivity index (χ0) is 11.7. The number of hydrogen-bond acceptors (Lipinski definition) is 2. The number of furan rings is 2. The smallest absolute Gasteiger partial charge is 0.135 e. The Bertz CT molecular complexity index is 511. The maximum absolute atomic E-state index is 5.54. The van der Waals surface area contributed by atoms with Gasteiger partial charge in [-0.2, -0.15) is 0 Å². The molecule has 0 aliphatic heterocycles. The van der Waals surface area contributed by atoms with Gasteiger partial charge in [-0.3, -0.25) is 0 Å². The lowest BCUT2D eigenvalue weighted by atomic mass is 10.2. The van der Waals surface area contributed by atoms with E-state index in [2.05, 4.69) is 0 Å². The third-order valence-electron chi connectivity index (χ3n) is 2.40. The molecule has 0 unspecified atom stereocenters. The van der Waals surface area contributed by atoms with Crippen molar-refractivity contribution in [3.63, 3.8) is 0 Å². The van der Waals surface area contributed by atoms with Crippen LogP contribution in [0.1, 0.15) is 25.4 Å². The van der Waals surface area contributed by atoms with Crippen molar-refractivity contribution in [2.24, 2.45) is 0 Å². The van der Waals surface area contributed by atoms with Crippen molar-refractivity contribution in [1.29, 1.82) is 0 Å². The van der Waals surface area contributed by atoms with Crippen molar-refractivity contribution in [3.05, 3.63) is 35.8 Å². The molecule has 0 radical (unpaired) electrons. The summed E-state index contributed by atoms with van der Waals surface area (Å²) < 4.78 is 11.1. The van der Waals surface area contributed by atoms with Gasteiger partial charge in [-0.25, -0.2) is 0 Å². The lowest BCUT2D eigenvalue weighted by Gasteiger charge is -1.88. The topological polar surface area (TPSA) is 26.3 Å². The summed E-state index contributed by atoms with van der Waals surface area (Å²) in [6.45, 7) is 7.90. The molecular weight excluding hydrogens is 200 g/mol. The second kappa shape index (κ2) is 4.05. The van der Waals surface area contributed by atoms with Crippen LogP contribution in [0.15, 0.2) is 33.1 Å². The largest absolute Gasteiger partial charge is 0.461 e. The van der Waals surface area contributed by atoms with Crippen molar-refractivity contribution >= 4 is 21.9 Å². The van der Waals surface area contributed by atoms with E-state index >= 15 is 0 Å². The molecule has 0 bridgehead atoms. The van der Waals surface area contributed by atoms with Gasteiger partial charge in [0.15, 0.2) is 0 Å². The Balaban J connectivity index is 0.000000457. The standard InChI is InChI=1S/C12H10O2.C2H6/c1-7-3-9-5-12-10(4-8(2)14-12)6-11(9)13-7;1-2/h3-6H,1-2H3;1-2H3. The average molecular weight is 216 g/mol. The summed E-state index contributed by atoms with van der Waals surface area (Å²) in [6, 6.07) is 8.08. The molecule has 16 heavy (non-hydrogen) atoms. The van der Waals surface area contributed by atoms with Crippen LogP contribution in [0, 0.1) is 13.8 Å². The molecule has 0 aliphatic carbocycles. The molecule has 3 aromatic rings. The molecule has 0 spiro atoms. The van der Waals surface area contributed by atoms with Crippen LogP contribution in [0.4, 0.5) is 0 Å². The molecule has 0 amide bonds. The highest BCUT2D eigenvalue weighted by Gasteiger charge is 2.05. The van der Waals surface area contributed by atoms with E-state index in [1.165, 1.54) is 0 Å². The summed E-state index contributed by atoms with van der Waals surface area (Å²) in [5.41, 5.74) is 1.85. The molecule has 84 valence electrons. The van der Waals surface area contributed by atoms with Crippen LogP contribution < -0.4 is 0 Å². The van der Waals surface area contributed by atoms with Crippen LogP contribution in [0.25, 0.3) is 21.9 Å². The highest BCUT2D eigenvalue weighted by atomic mass is 16.3. The first kappa shape index (κ1) is 10.8. The summed E-state index contributed by atoms with van der Waals surface area (Å²) in [5.74, 6) is 1.87. The van der Waals surface area contributed by atoms with Gasteiger partial charge in [0, 0.05) is 10.8 Å². The van der Waals surface area contributed by atoms with E-state index in [1.54, 1.807) is 0 Å². The fraction of sp³-hybridized carbons (Fsp3) is 0.286. The third kappa shape index (κ3) is 1.71. The van der Waals surface area contributed by atoms with E-state index in [0.29, 0.717) is 0 Å². The first-order chi connectivity index (χ1) is 7.72. The first-order valence-corrected chi connectivity index (χ1v) is 5.63. The summed E-state index contributed by atoms with van der Waals surface area (Å²) in [6.07, 6.45) is 0. The number of benzene rings is 1. The molecule has 2 heterocycles. The number of fused-ring (bicyclic) bond motifs is 2. The monoisotopic (exact) mass is 216 g/mol. The average Bonchev–Trinajstić information content (AvgIpc) is 2.76. The Morgan fingerprint density at radius 1 is 0.688 bits per heavy atom. The lowest BCUT2D eigenvalue weighted by molar-refractivity contribution is 0.575. The van der Waals surface area contributed by atoms with Crippen molar-refractivity contribution in [2.45, 2.75) is 27.7 Å². The summed E-state index contributed by atoms with van der Waals surface area (Å²) in [5, 5.41) is 2.20. The predicted molar refractivity (Wildman–Crippen MR) is 66.8 cm³/mol. The van der Waals surface area contributed by atoms with Crippen LogP contribution >= 0.6 is 0 Å². The van der Waals surface area contributed by atoms with Gasteiger partial charge in [0.2, 0.25) is 0 Å². The molecule has 0 N–H and O–H groups in total.